The second kappa shape index (κ2) is 6.47. The average molecular weight is 280 g/mol. The third-order valence-corrected chi connectivity index (χ3v) is 3.61. The first-order valence-electron chi connectivity index (χ1n) is 6.80. The van der Waals surface area contributed by atoms with Crippen LogP contribution in [0.4, 0.5) is 0 Å². The van der Waals surface area contributed by atoms with Crippen LogP contribution in [0.2, 0.25) is 0 Å². The Labute approximate surface area is 121 Å². The van der Waals surface area contributed by atoms with Crippen LogP contribution in [0.25, 0.3) is 0 Å². The third-order valence-electron chi connectivity index (χ3n) is 3.61. The van der Waals surface area contributed by atoms with Gasteiger partial charge in [0.1, 0.15) is 5.69 Å². The van der Waals surface area contributed by atoms with Crippen LogP contribution in [0.3, 0.4) is 0 Å². The summed E-state index contributed by atoms with van der Waals surface area (Å²) in [5.74, 6) is -0.365. The molecule has 3 N–H and O–H groups in total. The maximum Gasteiger partial charge on any atom is 0.267 e. The first kappa shape index (κ1) is 14.5. The van der Waals surface area contributed by atoms with Crippen LogP contribution in [0, 0.1) is 0 Å². The maximum absolute atomic E-state index is 11.2. The number of nitrogens with two attached hydrogens (primary N) is 1. The summed E-state index contributed by atoms with van der Waals surface area (Å²) in [6.07, 6.45) is 3.59. The first-order valence-corrected chi connectivity index (χ1v) is 6.80. The molecule has 0 saturated carbocycles. The van der Waals surface area contributed by atoms with Crippen molar-refractivity contribution >= 4 is 11.8 Å². The molecule has 1 aliphatic heterocycles. The number of piperidine rings is 1. The number of carbonyl (C=O) groups is 2. The van der Waals surface area contributed by atoms with Crippen molar-refractivity contribution in [3.63, 3.8) is 0 Å². The van der Waals surface area contributed by atoms with Gasteiger partial charge in [-0.05, 0) is 24.5 Å². The van der Waals surface area contributed by atoms with Crippen molar-refractivity contribution in [3.05, 3.63) is 29.6 Å². The summed E-state index contributed by atoms with van der Waals surface area (Å²) in [6, 6.07) is 3.91. The second-order valence-corrected chi connectivity index (χ2v) is 5.08. The summed E-state index contributed by atoms with van der Waals surface area (Å²) in [5, 5.41) is 3.45. The Bertz CT molecular complexity index is 488. The fraction of sp³-hybridized carbons (Fsp3) is 0.500. The number of likely N-dealkylation sites (tertiary alicyclic amines) is 1. The number of pyridine rings is 1. The van der Waals surface area contributed by atoms with Gasteiger partial charge in [-0.2, -0.15) is 0 Å². The molecule has 2 heterocycles. The summed E-state index contributed by atoms with van der Waals surface area (Å²) in [5.41, 5.74) is 6.44. The van der Waals surface area contributed by atoms with E-state index < -0.39 is 5.91 Å². The predicted octanol–water partition coefficient (Wildman–Crippen LogP) is 0.773. The average Bonchev–Trinajstić information content (AvgIpc) is 2.46. The molecule has 20 heavy (non-hydrogen) atoms. The van der Waals surface area contributed by atoms with Gasteiger partial charge in [0.25, 0.3) is 5.91 Å². The van der Waals surface area contributed by atoms with Gasteiger partial charge in [0.15, 0.2) is 0 Å². The molecular weight excluding hydrogens is 256 g/mol. The van der Waals surface area contributed by atoms with Crippen molar-refractivity contribution in [2.75, 3.05) is 13.1 Å². The van der Waals surface area contributed by atoms with Crippen LogP contribution in [0.15, 0.2) is 18.3 Å². The van der Waals surface area contributed by atoms with Crippen LogP contribution in [0.5, 0.6) is 0 Å². The van der Waals surface area contributed by atoms with E-state index in [2.05, 4.69) is 10.3 Å². The van der Waals surface area contributed by atoms with E-state index in [1.54, 1.807) is 19.2 Å². The zero-order valence-corrected chi connectivity index (χ0v) is 11.6. The van der Waals surface area contributed by atoms with Crippen LogP contribution >= 0.6 is 0 Å². The molecule has 0 aliphatic carbocycles. The van der Waals surface area contributed by atoms with E-state index in [1.807, 2.05) is 11.0 Å². The number of nitrogens with zero attached hydrogens (tertiary/aromatic N) is 2. The highest BCUT2D eigenvalue weighted by Gasteiger charge is 2.19. The van der Waals surface area contributed by atoms with Gasteiger partial charge in [-0.15, -0.1) is 0 Å². The van der Waals surface area contributed by atoms with Crippen molar-refractivity contribution in [2.24, 2.45) is 5.73 Å². The van der Waals surface area contributed by atoms with Gasteiger partial charge in [-0.3, -0.25) is 14.6 Å². The Morgan fingerprint density at radius 1 is 1.45 bits per heavy atom. The summed E-state index contributed by atoms with van der Waals surface area (Å²) in [4.78, 5) is 28.0. The van der Waals surface area contributed by atoms with E-state index in [9.17, 15) is 9.59 Å². The van der Waals surface area contributed by atoms with Gasteiger partial charge < -0.3 is 16.0 Å². The first-order chi connectivity index (χ1) is 9.56. The Morgan fingerprint density at radius 3 is 2.65 bits per heavy atom. The van der Waals surface area contributed by atoms with E-state index in [0.29, 0.717) is 12.6 Å². The molecule has 112 valence electrons. The second-order valence-electron chi connectivity index (χ2n) is 5.08. The number of hydrogen-bond donors (Lipinski definition) is 2. The summed E-state index contributed by atoms with van der Waals surface area (Å²) in [6.45, 7) is 3.94. The van der Waals surface area contributed by atoms with E-state index in [-0.39, 0.29) is 14.5 Å². The van der Waals surface area contributed by atoms with Crippen molar-refractivity contribution < 1.29 is 12.4 Å². The lowest BCUT2D eigenvalue weighted by molar-refractivity contribution is -0.129. The number of amides is 2. The minimum absolute atomic E-state index is 0. The van der Waals surface area contributed by atoms with Gasteiger partial charge in [0.05, 0.1) is 0 Å². The molecule has 1 saturated heterocycles. The molecule has 1 aromatic heterocycles. The quantitative estimate of drug-likeness (QED) is 0.852. The van der Waals surface area contributed by atoms with E-state index in [1.165, 1.54) is 0 Å². The van der Waals surface area contributed by atoms with Gasteiger partial charge in [-0.25, -0.2) is 0 Å². The molecule has 1 aromatic rings. The molecule has 0 aromatic carbocycles. The van der Waals surface area contributed by atoms with Crippen LogP contribution < -0.4 is 11.1 Å². The maximum atomic E-state index is 11.2. The SMILES string of the molecule is CC(=O)N1CCC(NCc2ccc(C(N)=O)nc2)CC1.[HH].[HH]. The smallest absolute Gasteiger partial charge is 0.267 e. The van der Waals surface area contributed by atoms with Gasteiger partial charge >= 0.3 is 0 Å². The normalized spacial score (nSPS) is 16.1. The van der Waals surface area contributed by atoms with E-state index in [4.69, 9.17) is 5.73 Å². The van der Waals surface area contributed by atoms with Crippen LogP contribution in [0.1, 0.15) is 38.7 Å². The standard InChI is InChI=1S/C14H20N4O2.2H2/c1-10(19)18-6-4-12(5-7-18)16-8-11-2-3-13(14(15)20)17-9-11;;/h2-3,9,12,16H,4-8H2,1H3,(H2,15,20);2*1H. The number of rotatable bonds is 4. The van der Waals surface area contributed by atoms with Gasteiger partial charge in [-0.1, -0.05) is 6.07 Å². The summed E-state index contributed by atoms with van der Waals surface area (Å²) >= 11 is 0. The van der Waals surface area contributed by atoms with Crippen LogP contribution in [-0.2, 0) is 11.3 Å². The largest absolute Gasteiger partial charge is 0.364 e. The highest BCUT2D eigenvalue weighted by atomic mass is 16.2. The molecule has 0 radical (unpaired) electrons. The number of nitrogens with one attached hydrogen (secondary N) is 1. The molecule has 2 rings (SSSR count). The number of primary amides is 1. The fourth-order valence-corrected chi connectivity index (χ4v) is 2.34. The van der Waals surface area contributed by atoms with E-state index >= 15 is 0 Å². The molecule has 0 bridgehead atoms. The van der Waals surface area contributed by atoms with Crippen LogP contribution in [-0.4, -0.2) is 40.8 Å². The molecule has 6 nitrogen and oxygen atoms in total. The molecule has 0 spiro atoms. The molecule has 0 atom stereocenters. The lowest BCUT2D eigenvalue weighted by atomic mass is 10.0. The zero-order valence-electron chi connectivity index (χ0n) is 11.6. The Morgan fingerprint density at radius 2 is 2.15 bits per heavy atom. The van der Waals surface area contributed by atoms with E-state index in [0.717, 1.165) is 31.5 Å². The zero-order chi connectivity index (χ0) is 14.5. The lowest BCUT2D eigenvalue weighted by Crippen LogP contribution is -2.43. The van der Waals surface area contributed by atoms with Crippen molar-refractivity contribution in [1.82, 2.24) is 15.2 Å². The topological polar surface area (TPSA) is 88.3 Å². The Hall–Kier alpha value is -1.95. The number of carbonyl (C=O) groups excluding carboxylic acids is 2. The lowest BCUT2D eigenvalue weighted by Gasteiger charge is -2.31. The minimum Gasteiger partial charge on any atom is -0.364 e. The monoisotopic (exact) mass is 280 g/mol. The van der Waals surface area contributed by atoms with Gasteiger partial charge in [0.2, 0.25) is 5.91 Å². The molecule has 1 fully saturated rings. The molecule has 0 unspecified atom stereocenters. The number of hydrogen-bond acceptors (Lipinski definition) is 4. The Balaban J connectivity index is 0.00000220. The van der Waals surface area contributed by atoms with Gasteiger partial charge in [0, 0.05) is 41.6 Å². The summed E-state index contributed by atoms with van der Waals surface area (Å²) in [7, 11) is 0. The molecule has 6 heteroatoms. The highest BCUT2D eigenvalue weighted by Crippen LogP contribution is 2.11. The number of aromatic nitrogens is 1. The predicted molar refractivity (Wildman–Crippen MR) is 79.1 cm³/mol. The highest BCUT2D eigenvalue weighted by molar-refractivity contribution is 5.90. The Kier molecular flexibility index (Phi) is 4.68. The summed E-state index contributed by atoms with van der Waals surface area (Å²) < 4.78 is 0. The van der Waals surface area contributed by atoms with Crippen molar-refractivity contribution in [1.29, 1.82) is 0 Å². The minimum atomic E-state index is -0.513. The van der Waals surface area contributed by atoms with Crippen molar-refractivity contribution in [3.8, 4) is 0 Å². The van der Waals surface area contributed by atoms with Crippen molar-refractivity contribution in [2.45, 2.75) is 32.4 Å². The molecule has 2 amide bonds. The third kappa shape index (κ3) is 3.77. The fourth-order valence-electron chi connectivity index (χ4n) is 2.34. The molecule has 1 aliphatic rings. The molecular formula is C14H24N4O2.